The van der Waals surface area contributed by atoms with Crippen molar-refractivity contribution >= 4 is 27.6 Å². The Bertz CT molecular complexity index is 752. The molecule has 5 heteroatoms. The van der Waals surface area contributed by atoms with Crippen LogP contribution in [0.5, 0.6) is 0 Å². The molecule has 3 heterocycles. The lowest BCUT2D eigenvalue weighted by Crippen LogP contribution is -2.13. The molecule has 1 atom stereocenters. The van der Waals surface area contributed by atoms with Crippen molar-refractivity contribution in [3.63, 3.8) is 0 Å². The number of hydrogen-bond acceptors (Lipinski definition) is 4. The molecule has 20 heavy (non-hydrogen) atoms. The molecular formula is C15H17N3S2. The molecule has 3 aromatic heterocycles. The van der Waals surface area contributed by atoms with Gasteiger partial charge in [-0.05, 0) is 36.6 Å². The number of nitrogens with two attached hydrogens (primary N) is 1. The molecule has 0 fully saturated rings. The van der Waals surface area contributed by atoms with Crippen molar-refractivity contribution in [1.29, 1.82) is 0 Å². The van der Waals surface area contributed by atoms with Gasteiger partial charge in [-0.15, -0.1) is 22.7 Å². The summed E-state index contributed by atoms with van der Waals surface area (Å²) < 4.78 is 2.33. The average molecular weight is 303 g/mol. The number of rotatable bonds is 2. The molecule has 3 nitrogen and oxygen atoms in total. The van der Waals surface area contributed by atoms with E-state index >= 15 is 0 Å². The van der Waals surface area contributed by atoms with Crippen molar-refractivity contribution in [2.24, 2.45) is 11.7 Å². The molecule has 1 aliphatic carbocycles. The molecule has 0 spiro atoms. The summed E-state index contributed by atoms with van der Waals surface area (Å²) in [4.78, 5) is 8.72. The molecule has 3 aromatic rings. The summed E-state index contributed by atoms with van der Waals surface area (Å²) in [5.74, 6) is 0.795. The lowest BCUT2D eigenvalue weighted by molar-refractivity contribution is 0.498. The van der Waals surface area contributed by atoms with Gasteiger partial charge in [0, 0.05) is 17.1 Å². The highest BCUT2D eigenvalue weighted by Gasteiger charge is 2.24. The predicted molar refractivity (Wildman–Crippen MR) is 85.5 cm³/mol. The minimum Gasteiger partial charge on any atom is -0.325 e. The molecule has 0 amide bonds. The fourth-order valence-electron chi connectivity index (χ4n) is 3.08. The van der Waals surface area contributed by atoms with Crippen LogP contribution < -0.4 is 5.73 Å². The van der Waals surface area contributed by atoms with E-state index < -0.39 is 0 Å². The maximum Gasteiger partial charge on any atom is 0.195 e. The second-order valence-corrected chi connectivity index (χ2v) is 7.54. The lowest BCUT2D eigenvalue weighted by Gasteiger charge is -2.18. The van der Waals surface area contributed by atoms with E-state index in [2.05, 4.69) is 28.8 Å². The smallest absolute Gasteiger partial charge is 0.195 e. The maximum absolute atomic E-state index is 6.04. The van der Waals surface area contributed by atoms with Gasteiger partial charge >= 0.3 is 0 Å². The molecule has 1 aliphatic rings. The minimum atomic E-state index is 0.549. The highest BCUT2D eigenvalue weighted by Crippen LogP contribution is 2.37. The first-order chi connectivity index (χ1) is 9.78. The molecule has 0 saturated heterocycles. The number of hydrogen-bond donors (Lipinski definition) is 1. The first-order valence-corrected chi connectivity index (χ1v) is 8.73. The Morgan fingerprint density at radius 2 is 2.40 bits per heavy atom. The Morgan fingerprint density at radius 3 is 3.15 bits per heavy atom. The number of thiazole rings is 1. The van der Waals surface area contributed by atoms with Crippen LogP contribution in [-0.2, 0) is 19.4 Å². The summed E-state index contributed by atoms with van der Waals surface area (Å²) in [5, 5.41) is 2.10. The summed E-state index contributed by atoms with van der Waals surface area (Å²) in [6, 6.07) is 4.20. The SMILES string of the molecule is CC1CCc2c(sc3nc(-c4cccs4)c(CN)n23)C1. The van der Waals surface area contributed by atoms with E-state index in [9.17, 15) is 0 Å². The Kier molecular flexibility index (Phi) is 2.94. The highest BCUT2D eigenvalue weighted by molar-refractivity contribution is 7.17. The second-order valence-electron chi connectivity index (χ2n) is 5.53. The molecule has 0 aromatic carbocycles. The molecule has 1 unspecified atom stereocenters. The molecule has 2 N–H and O–H groups in total. The number of imidazole rings is 1. The Hall–Kier alpha value is -1.17. The average Bonchev–Trinajstić information content (AvgIpc) is 3.11. The normalized spacial score (nSPS) is 18.6. The fourth-order valence-corrected chi connectivity index (χ4v) is 5.17. The molecule has 0 aliphatic heterocycles. The Labute approximate surface area is 126 Å². The maximum atomic E-state index is 6.04. The quantitative estimate of drug-likeness (QED) is 0.784. The van der Waals surface area contributed by atoms with E-state index in [1.807, 2.05) is 11.3 Å². The predicted octanol–water partition coefficient (Wildman–Crippen LogP) is 3.71. The first kappa shape index (κ1) is 12.6. The lowest BCUT2D eigenvalue weighted by atomic mass is 9.93. The van der Waals surface area contributed by atoms with Gasteiger partial charge in [0.1, 0.15) is 5.69 Å². The van der Waals surface area contributed by atoms with Crippen LogP contribution >= 0.6 is 22.7 Å². The topological polar surface area (TPSA) is 43.3 Å². The van der Waals surface area contributed by atoms with Gasteiger partial charge in [0.25, 0.3) is 0 Å². The molecule has 0 saturated carbocycles. The van der Waals surface area contributed by atoms with Crippen molar-refractivity contribution in [2.75, 3.05) is 0 Å². The van der Waals surface area contributed by atoms with Gasteiger partial charge in [-0.25, -0.2) is 4.98 Å². The summed E-state index contributed by atoms with van der Waals surface area (Å²) in [6.45, 7) is 2.89. The fraction of sp³-hybridized carbons (Fsp3) is 0.400. The van der Waals surface area contributed by atoms with Crippen molar-refractivity contribution in [1.82, 2.24) is 9.38 Å². The standard InChI is InChI=1S/C15H17N3S2/c1-9-4-5-10-13(7-9)20-15-17-14(11(8-16)18(10)15)12-3-2-6-19-12/h2-3,6,9H,4-5,7-8,16H2,1H3. The molecule has 0 radical (unpaired) electrons. The van der Waals surface area contributed by atoms with Crippen LogP contribution in [-0.4, -0.2) is 9.38 Å². The van der Waals surface area contributed by atoms with Crippen LogP contribution in [0.2, 0.25) is 0 Å². The third-order valence-corrected chi connectivity index (χ3v) is 6.09. The largest absolute Gasteiger partial charge is 0.325 e. The minimum absolute atomic E-state index is 0.549. The number of aromatic nitrogens is 2. The number of fused-ring (bicyclic) bond motifs is 3. The Morgan fingerprint density at radius 1 is 1.50 bits per heavy atom. The van der Waals surface area contributed by atoms with Gasteiger partial charge in [0.05, 0.1) is 10.6 Å². The zero-order valence-electron chi connectivity index (χ0n) is 11.4. The van der Waals surface area contributed by atoms with Crippen LogP contribution in [0.3, 0.4) is 0 Å². The third-order valence-electron chi connectivity index (χ3n) is 4.10. The van der Waals surface area contributed by atoms with E-state index in [4.69, 9.17) is 10.7 Å². The van der Waals surface area contributed by atoms with Crippen LogP contribution in [0.1, 0.15) is 29.6 Å². The Balaban J connectivity index is 1.95. The van der Waals surface area contributed by atoms with E-state index in [0.717, 1.165) is 23.0 Å². The van der Waals surface area contributed by atoms with Crippen LogP contribution in [0.15, 0.2) is 17.5 Å². The summed E-state index contributed by atoms with van der Waals surface area (Å²) >= 11 is 3.59. The molecule has 4 rings (SSSR count). The molecule has 0 bridgehead atoms. The summed E-state index contributed by atoms with van der Waals surface area (Å²) in [6.07, 6.45) is 3.63. The third kappa shape index (κ3) is 1.77. The highest BCUT2D eigenvalue weighted by atomic mass is 32.1. The summed E-state index contributed by atoms with van der Waals surface area (Å²) in [5.41, 5.74) is 9.75. The monoisotopic (exact) mass is 303 g/mol. The van der Waals surface area contributed by atoms with Crippen molar-refractivity contribution in [3.8, 4) is 10.6 Å². The van der Waals surface area contributed by atoms with Crippen LogP contribution in [0, 0.1) is 5.92 Å². The van der Waals surface area contributed by atoms with Gasteiger partial charge in [0.15, 0.2) is 4.96 Å². The molecule has 104 valence electrons. The first-order valence-electron chi connectivity index (χ1n) is 7.03. The summed E-state index contributed by atoms with van der Waals surface area (Å²) in [7, 11) is 0. The van der Waals surface area contributed by atoms with Crippen molar-refractivity contribution in [3.05, 3.63) is 33.8 Å². The number of thiophene rings is 1. The van der Waals surface area contributed by atoms with E-state index in [0.29, 0.717) is 6.54 Å². The number of aryl methyl sites for hydroxylation is 1. The van der Waals surface area contributed by atoms with Crippen LogP contribution in [0.4, 0.5) is 0 Å². The van der Waals surface area contributed by atoms with E-state index in [1.165, 1.54) is 34.0 Å². The van der Waals surface area contributed by atoms with Gasteiger partial charge < -0.3 is 5.73 Å². The zero-order valence-corrected chi connectivity index (χ0v) is 13.1. The van der Waals surface area contributed by atoms with Gasteiger partial charge in [-0.2, -0.15) is 0 Å². The molecular weight excluding hydrogens is 286 g/mol. The van der Waals surface area contributed by atoms with Crippen molar-refractivity contribution < 1.29 is 0 Å². The number of nitrogens with zero attached hydrogens (tertiary/aromatic N) is 2. The van der Waals surface area contributed by atoms with Gasteiger partial charge in [0.2, 0.25) is 0 Å². The second kappa shape index (κ2) is 4.69. The van der Waals surface area contributed by atoms with E-state index in [1.54, 1.807) is 11.3 Å². The van der Waals surface area contributed by atoms with E-state index in [-0.39, 0.29) is 0 Å². The van der Waals surface area contributed by atoms with Crippen LogP contribution in [0.25, 0.3) is 15.5 Å². The van der Waals surface area contributed by atoms with Crippen molar-refractivity contribution in [2.45, 2.75) is 32.7 Å². The van der Waals surface area contributed by atoms with Gasteiger partial charge in [-0.1, -0.05) is 13.0 Å². The zero-order chi connectivity index (χ0) is 13.7. The van der Waals surface area contributed by atoms with Gasteiger partial charge in [-0.3, -0.25) is 4.40 Å².